The van der Waals surface area contributed by atoms with Gasteiger partial charge in [-0.05, 0) is 55.0 Å². The van der Waals surface area contributed by atoms with Gasteiger partial charge in [0, 0.05) is 11.9 Å². The summed E-state index contributed by atoms with van der Waals surface area (Å²) in [6.07, 6.45) is 1.82. The SMILES string of the molecule is CC[NH+]1CCN(c2ccc(N=Cc3ccc(OC)c(Cl)c3)cc2)CC1. The van der Waals surface area contributed by atoms with E-state index in [1.807, 2.05) is 24.4 Å². The molecule has 0 aromatic heterocycles. The van der Waals surface area contributed by atoms with Gasteiger partial charge in [0.05, 0.1) is 50.5 Å². The first-order valence-corrected chi connectivity index (χ1v) is 9.13. The fraction of sp³-hybridized carbons (Fsp3) is 0.350. The Kier molecular flexibility index (Phi) is 5.95. The molecule has 0 radical (unpaired) electrons. The summed E-state index contributed by atoms with van der Waals surface area (Å²) in [4.78, 5) is 8.68. The first kappa shape index (κ1) is 17.8. The van der Waals surface area contributed by atoms with E-state index in [-0.39, 0.29) is 0 Å². The van der Waals surface area contributed by atoms with Crippen LogP contribution in [-0.4, -0.2) is 46.0 Å². The number of benzene rings is 2. The van der Waals surface area contributed by atoms with Crippen molar-refractivity contribution in [1.29, 1.82) is 0 Å². The highest BCUT2D eigenvalue weighted by atomic mass is 35.5. The Balaban J connectivity index is 1.63. The van der Waals surface area contributed by atoms with Crippen LogP contribution in [0.1, 0.15) is 12.5 Å². The average molecular weight is 359 g/mol. The second-order valence-electron chi connectivity index (χ2n) is 6.26. The van der Waals surface area contributed by atoms with Crippen LogP contribution in [0.25, 0.3) is 0 Å². The number of rotatable bonds is 5. The van der Waals surface area contributed by atoms with Crippen molar-refractivity contribution in [2.24, 2.45) is 4.99 Å². The number of aliphatic imine (C=N–C) groups is 1. The van der Waals surface area contributed by atoms with Gasteiger partial charge in [0.1, 0.15) is 5.75 Å². The van der Waals surface area contributed by atoms with Gasteiger partial charge in [0.15, 0.2) is 0 Å². The summed E-state index contributed by atoms with van der Waals surface area (Å²) in [7, 11) is 1.61. The molecule has 132 valence electrons. The van der Waals surface area contributed by atoms with Crippen LogP contribution < -0.4 is 14.5 Å². The Bertz CT molecular complexity index is 722. The molecule has 1 heterocycles. The van der Waals surface area contributed by atoms with Gasteiger partial charge in [-0.1, -0.05) is 11.6 Å². The molecule has 1 saturated heterocycles. The zero-order chi connectivity index (χ0) is 17.6. The van der Waals surface area contributed by atoms with Crippen LogP contribution in [-0.2, 0) is 0 Å². The smallest absolute Gasteiger partial charge is 0.137 e. The van der Waals surface area contributed by atoms with Crippen LogP contribution in [0, 0.1) is 0 Å². The lowest BCUT2D eigenvalue weighted by Crippen LogP contribution is -3.14. The van der Waals surface area contributed by atoms with Crippen LogP contribution in [0.2, 0.25) is 5.02 Å². The molecule has 0 amide bonds. The van der Waals surface area contributed by atoms with E-state index < -0.39 is 0 Å². The molecule has 1 N–H and O–H groups in total. The van der Waals surface area contributed by atoms with Gasteiger partial charge in [-0.15, -0.1) is 0 Å². The Morgan fingerprint density at radius 2 is 1.88 bits per heavy atom. The van der Waals surface area contributed by atoms with E-state index in [1.165, 1.54) is 25.3 Å². The minimum atomic E-state index is 0.593. The lowest BCUT2D eigenvalue weighted by atomic mass is 10.2. The summed E-state index contributed by atoms with van der Waals surface area (Å²) in [5.74, 6) is 0.674. The van der Waals surface area contributed by atoms with Crippen LogP contribution in [0.15, 0.2) is 47.5 Å². The molecule has 3 rings (SSSR count). The number of anilines is 1. The molecule has 0 unspecified atom stereocenters. The second-order valence-corrected chi connectivity index (χ2v) is 6.67. The van der Waals surface area contributed by atoms with E-state index >= 15 is 0 Å². The predicted molar refractivity (Wildman–Crippen MR) is 105 cm³/mol. The van der Waals surface area contributed by atoms with Crippen molar-refractivity contribution >= 4 is 29.2 Å². The minimum absolute atomic E-state index is 0.593. The van der Waals surface area contributed by atoms with Crippen molar-refractivity contribution in [3.63, 3.8) is 0 Å². The number of likely N-dealkylation sites (N-methyl/N-ethyl adjacent to an activating group) is 1. The second kappa shape index (κ2) is 8.37. The zero-order valence-corrected chi connectivity index (χ0v) is 15.6. The molecule has 5 heteroatoms. The van der Waals surface area contributed by atoms with Crippen molar-refractivity contribution in [3.05, 3.63) is 53.1 Å². The largest absolute Gasteiger partial charge is 0.495 e. The van der Waals surface area contributed by atoms with Gasteiger partial charge in [-0.3, -0.25) is 4.99 Å². The van der Waals surface area contributed by atoms with E-state index in [1.54, 1.807) is 12.0 Å². The summed E-state index contributed by atoms with van der Waals surface area (Å²) in [6, 6.07) is 14.1. The normalized spacial score (nSPS) is 15.7. The summed E-state index contributed by atoms with van der Waals surface area (Å²) < 4.78 is 5.16. The molecule has 25 heavy (non-hydrogen) atoms. The molecular weight excluding hydrogens is 334 g/mol. The quantitative estimate of drug-likeness (QED) is 0.833. The van der Waals surface area contributed by atoms with Crippen LogP contribution in [0.3, 0.4) is 0 Å². The van der Waals surface area contributed by atoms with Gasteiger partial charge in [-0.25, -0.2) is 0 Å². The molecular formula is C20H25ClN3O+. The molecule has 1 fully saturated rings. The number of piperazine rings is 1. The number of nitrogens with zero attached hydrogens (tertiary/aromatic N) is 2. The van der Waals surface area contributed by atoms with Crippen LogP contribution in [0.5, 0.6) is 5.75 Å². The molecule has 0 bridgehead atoms. The number of quaternary nitrogens is 1. The Hall–Kier alpha value is -2.04. The molecule has 4 nitrogen and oxygen atoms in total. The van der Waals surface area contributed by atoms with Gasteiger partial charge < -0.3 is 14.5 Å². The summed E-state index contributed by atoms with van der Waals surface area (Å²) in [5, 5.41) is 0.593. The predicted octanol–water partition coefficient (Wildman–Crippen LogP) is 2.82. The van der Waals surface area contributed by atoms with Crippen LogP contribution >= 0.6 is 11.6 Å². The standard InChI is InChI=1S/C20H24ClN3O/c1-3-23-10-12-24(13-11-23)18-7-5-17(6-8-18)22-15-16-4-9-20(25-2)19(21)14-16/h4-9,14-15H,3,10-13H2,1-2H3/p+1. The molecule has 2 aromatic rings. The molecule has 0 saturated carbocycles. The Labute approximate surface area is 154 Å². The highest BCUT2D eigenvalue weighted by molar-refractivity contribution is 6.32. The first-order valence-electron chi connectivity index (χ1n) is 8.76. The third-order valence-corrected chi connectivity index (χ3v) is 5.02. The van der Waals surface area contributed by atoms with Crippen molar-refractivity contribution in [2.45, 2.75) is 6.92 Å². The highest BCUT2D eigenvalue weighted by Gasteiger charge is 2.18. The van der Waals surface area contributed by atoms with E-state index in [2.05, 4.69) is 41.1 Å². The molecule has 0 spiro atoms. The molecule has 0 aliphatic carbocycles. The first-order chi connectivity index (χ1) is 12.2. The monoisotopic (exact) mass is 358 g/mol. The van der Waals surface area contributed by atoms with Gasteiger partial charge in [0.2, 0.25) is 0 Å². The summed E-state index contributed by atoms with van der Waals surface area (Å²) in [5.41, 5.74) is 3.17. The Morgan fingerprint density at radius 3 is 2.48 bits per heavy atom. The van der Waals surface area contributed by atoms with E-state index in [0.717, 1.165) is 24.3 Å². The maximum Gasteiger partial charge on any atom is 0.137 e. The summed E-state index contributed by atoms with van der Waals surface area (Å²) >= 11 is 6.14. The van der Waals surface area contributed by atoms with Gasteiger partial charge in [-0.2, -0.15) is 0 Å². The van der Waals surface area contributed by atoms with Crippen molar-refractivity contribution in [1.82, 2.24) is 0 Å². The van der Waals surface area contributed by atoms with E-state index in [0.29, 0.717) is 10.8 Å². The lowest BCUT2D eigenvalue weighted by molar-refractivity contribution is -0.898. The lowest BCUT2D eigenvalue weighted by Gasteiger charge is -2.33. The van der Waals surface area contributed by atoms with E-state index in [9.17, 15) is 0 Å². The van der Waals surface area contributed by atoms with Gasteiger partial charge >= 0.3 is 0 Å². The number of hydrogen-bond donors (Lipinski definition) is 1. The third kappa shape index (κ3) is 4.53. The van der Waals surface area contributed by atoms with Crippen molar-refractivity contribution in [2.75, 3.05) is 44.7 Å². The summed E-state index contributed by atoms with van der Waals surface area (Å²) in [6.45, 7) is 8.15. The van der Waals surface area contributed by atoms with Crippen molar-refractivity contribution in [3.8, 4) is 5.75 Å². The topological polar surface area (TPSA) is 29.3 Å². The molecule has 2 aromatic carbocycles. The minimum Gasteiger partial charge on any atom is -0.495 e. The van der Waals surface area contributed by atoms with Crippen molar-refractivity contribution < 1.29 is 9.64 Å². The fourth-order valence-electron chi connectivity index (χ4n) is 3.10. The van der Waals surface area contributed by atoms with Crippen LogP contribution in [0.4, 0.5) is 11.4 Å². The van der Waals surface area contributed by atoms with E-state index in [4.69, 9.17) is 16.3 Å². The molecule has 1 aliphatic rings. The number of ether oxygens (including phenoxy) is 1. The average Bonchev–Trinajstić information content (AvgIpc) is 2.67. The van der Waals surface area contributed by atoms with Gasteiger partial charge in [0.25, 0.3) is 0 Å². The maximum absolute atomic E-state index is 6.14. The fourth-order valence-corrected chi connectivity index (χ4v) is 3.36. The molecule has 1 aliphatic heterocycles. The number of nitrogens with one attached hydrogen (secondary N) is 1. The maximum atomic E-state index is 6.14. The highest BCUT2D eigenvalue weighted by Crippen LogP contribution is 2.25. The third-order valence-electron chi connectivity index (χ3n) is 4.72. The number of halogens is 1. The number of hydrogen-bond acceptors (Lipinski definition) is 3. The number of methoxy groups -OCH3 is 1. The zero-order valence-electron chi connectivity index (χ0n) is 14.8. The Morgan fingerprint density at radius 1 is 1.16 bits per heavy atom. The molecule has 0 atom stereocenters.